The summed E-state index contributed by atoms with van der Waals surface area (Å²) in [6, 6.07) is 0. The molecule has 14 heavy (non-hydrogen) atoms. The molecule has 0 radical (unpaired) electrons. The molecule has 0 amide bonds. The first-order chi connectivity index (χ1) is 6.83. The first-order valence-electron chi connectivity index (χ1n) is 5.05. The van der Waals surface area contributed by atoms with E-state index in [4.69, 9.17) is 0 Å². The number of nitrogens with zero attached hydrogens (tertiary/aromatic N) is 3. The molecule has 0 fully saturated rings. The molecule has 0 aromatic carbocycles. The Balaban J connectivity index is 2.25. The minimum atomic E-state index is 0.0700. The summed E-state index contributed by atoms with van der Waals surface area (Å²) >= 11 is 3.35. The fraction of sp³-hybridized carbons (Fsp3) is 0.778. The largest absolute Gasteiger partial charge is 0.345 e. The number of fused-ring (bicyclic) bond motifs is 1. The van der Waals surface area contributed by atoms with Crippen LogP contribution in [0.4, 0.5) is 0 Å². The van der Waals surface area contributed by atoms with Crippen molar-refractivity contribution in [3.63, 3.8) is 0 Å². The second-order valence-corrected chi connectivity index (χ2v) is 4.37. The van der Waals surface area contributed by atoms with Gasteiger partial charge in [-0.05, 0) is 19.3 Å². The van der Waals surface area contributed by atoms with Gasteiger partial charge in [0.25, 0.3) is 0 Å². The summed E-state index contributed by atoms with van der Waals surface area (Å²) in [5, 5.41) is 5.25. The van der Waals surface area contributed by atoms with Crippen molar-refractivity contribution in [2.75, 3.05) is 5.33 Å². The van der Waals surface area contributed by atoms with Gasteiger partial charge >= 0.3 is 5.69 Å². The lowest BCUT2D eigenvalue weighted by Crippen LogP contribution is -2.27. The Kier molecular flexibility index (Phi) is 3.05. The predicted molar refractivity (Wildman–Crippen MR) is 57.8 cm³/mol. The minimum Gasteiger partial charge on any atom is -0.279 e. The summed E-state index contributed by atoms with van der Waals surface area (Å²) < 4.78 is 3.42. The summed E-state index contributed by atoms with van der Waals surface area (Å²) in [5.74, 6) is 0.968. The SMILES string of the molecule is O=c1n(CCCBr)nc2n1CCCC2. The third kappa shape index (κ3) is 1.78. The van der Waals surface area contributed by atoms with Gasteiger partial charge in [0.2, 0.25) is 0 Å². The number of hydrogen-bond acceptors (Lipinski definition) is 2. The van der Waals surface area contributed by atoms with Crippen LogP contribution in [0.25, 0.3) is 0 Å². The van der Waals surface area contributed by atoms with Crippen LogP contribution in [0, 0.1) is 0 Å². The lowest BCUT2D eigenvalue weighted by atomic mass is 10.2. The van der Waals surface area contributed by atoms with Crippen molar-refractivity contribution >= 4 is 15.9 Å². The van der Waals surface area contributed by atoms with Gasteiger partial charge in [-0.3, -0.25) is 4.57 Å². The maximum atomic E-state index is 11.8. The smallest absolute Gasteiger partial charge is 0.279 e. The molecule has 1 aromatic heterocycles. The molecule has 0 spiro atoms. The zero-order chi connectivity index (χ0) is 9.97. The molecule has 0 N–H and O–H groups in total. The third-order valence-corrected chi connectivity index (χ3v) is 3.10. The number of hydrogen-bond donors (Lipinski definition) is 0. The molecule has 0 bridgehead atoms. The fourth-order valence-corrected chi connectivity index (χ4v) is 2.05. The second kappa shape index (κ2) is 4.29. The minimum absolute atomic E-state index is 0.0700. The van der Waals surface area contributed by atoms with Crippen LogP contribution in [0.15, 0.2) is 4.79 Å². The molecule has 5 heteroatoms. The number of rotatable bonds is 3. The number of alkyl halides is 1. The van der Waals surface area contributed by atoms with Crippen LogP contribution in [0.3, 0.4) is 0 Å². The maximum absolute atomic E-state index is 11.8. The van der Waals surface area contributed by atoms with Crippen LogP contribution in [0.1, 0.15) is 25.1 Å². The van der Waals surface area contributed by atoms with E-state index < -0.39 is 0 Å². The lowest BCUT2D eigenvalue weighted by molar-refractivity contribution is 0.510. The highest BCUT2D eigenvalue weighted by Gasteiger charge is 2.15. The van der Waals surface area contributed by atoms with Crippen molar-refractivity contribution in [1.82, 2.24) is 14.3 Å². The van der Waals surface area contributed by atoms with Crippen LogP contribution in [-0.2, 0) is 19.5 Å². The van der Waals surface area contributed by atoms with Gasteiger partial charge in [0, 0.05) is 24.8 Å². The van der Waals surface area contributed by atoms with Crippen molar-refractivity contribution in [3.8, 4) is 0 Å². The van der Waals surface area contributed by atoms with E-state index in [1.54, 1.807) is 4.68 Å². The molecular weight excluding hydrogens is 246 g/mol. The summed E-state index contributed by atoms with van der Waals surface area (Å²) in [7, 11) is 0. The van der Waals surface area contributed by atoms with E-state index in [0.29, 0.717) is 0 Å². The van der Waals surface area contributed by atoms with Crippen molar-refractivity contribution in [2.24, 2.45) is 0 Å². The summed E-state index contributed by atoms with van der Waals surface area (Å²) in [6.07, 6.45) is 4.18. The Bertz CT molecular complexity index is 369. The zero-order valence-electron chi connectivity index (χ0n) is 8.08. The van der Waals surface area contributed by atoms with Gasteiger partial charge in [-0.2, -0.15) is 5.10 Å². The highest BCUT2D eigenvalue weighted by atomic mass is 79.9. The lowest BCUT2D eigenvalue weighted by Gasteiger charge is -2.09. The van der Waals surface area contributed by atoms with Gasteiger partial charge in [-0.15, -0.1) is 0 Å². The van der Waals surface area contributed by atoms with Crippen LogP contribution >= 0.6 is 15.9 Å². The molecule has 4 nitrogen and oxygen atoms in total. The van der Waals surface area contributed by atoms with Crippen LogP contribution < -0.4 is 5.69 Å². The fourth-order valence-electron chi connectivity index (χ4n) is 1.80. The Morgan fingerprint density at radius 1 is 1.43 bits per heavy atom. The van der Waals surface area contributed by atoms with E-state index in [0.717, 1.165) is 49.9 Å². The van der Waals surface area contributed by atoms with Gasteiger partial charge in [0.15, 0.2) is 0 Å². The highest BCUT2D eigenvalue weighted by Crippen LogP contribution is 2.09. The van der Waals surface area contributed by atoms with Gasteiger partial charge in [0.1, 0.15) is 5.82 Å². The first-order valence-corrected chi connectivity index (χ1v) is 6.17. The van der Waals surface area contributed by atoms with Crippen molar-refractivity contribution in [2.45, 2.75) is 38.8 Å². The summed E-state index contributed by atoms with van der Waals surface area (Å²) in [4.78, 5) is 11.8. The Labute approximate surface area is 91.0 Å². The van der Waals surface area contributed by atoms with Crippen LogP contribution in [0.2, 0.25) is 0 Å². The van der Waals surface area contributed by atoms with Crippen LogP contribution in [-0.4, -0.2) is 19.7 Å². The van der Waals surface area contributed by atoms with Crippen molar-refractivity contribution < 1.29 is 0 Å². The van der Waals surface area contributed by atoms with E-state index >= 15 is 0 Å². The Morgan fingerprint density at radius 2 is 2.29 bits per heavy atom. The topological polar surface area (TPSA) is 39.8 Å². The van der Waals surface area contributed by atoms with Gasteiger partial charge < -0.3 is 0 Å². The van der Waals surface area contributed by atoms with Crippen molar-refractivity contribution in [1.29, 1.82) is 0 Å². The van der Waals surface area contributed by atoms with Gasteiger partial charge in [-0.25, -0.2) is 9.48 Å². The van der Waals surface area contributed by atoms with Gasteiger partial charge in [-0.1, -0.05) is 15.9 Å². The second-order valence-electron chi connectivity index (χ2n) is 3.57. The zero-order valence-corrected chi connectivity index (χ0v) is 9.66. The number of aryl methyl sites for hydroxylation is 2. The molecule has 78 valence electrons. The van der Waals surface area contributed by atoms with E-state index in [1.165, 1.54) is 0 Å². The molecule has 0 atom stereocenters. The molecule has 0 saturated heterocycles. The Hall–Kier alpha value is -0.580. The normalized spacial score (nSPS) is 15.5. The average molecular weight is 260 g/mol. The molecule has 1 aromatic rings. The Morgan fingerprint density at radius 3 is 3.00 bits per heavy atom. The van der Waals surface area contributed by atoms with E-state index in [9.17, 15) is 4.79 Å². The van der Waals surface area contributed by atoms with Gasteiger partial charge in [0.05, 0.1) is 0 Å². The highest BCUT2D eigenvalue weighted by molar-refractivity contribution is 9.09. The monoisotopic (exact) mass is 259 g/mol. The molecule has 2 rings (SSSR count). The first kappa shape index (κ1) is 9.96. The van der Waals surface area contributed by atoms with Crippen molar-refractivity contribution in [3.05, 3.63) is 16.3 Å². The molecule has 1 aliphatic heterocycles. The standard InChI is InChI=1S/C9H14BrN3O/c10-5-3-7-13-9(14)12-6-2-1-4-8(12)11-13/h1-7H2. The van der Waals surface area contributed by atoms with Crippen LogP contribution in [0.5, 0.6) is 0 Å². The number of aromatic nitrogens is 3. The predicted octanol–water partition coefficient (Wildman–Crippen LogP) is 1.17. The molecule has 0 saturated carbocycles. The molecule has 0 unspecified atom stereocenters. The maximum Gasteiger partial charge on any atom is 0.345 e. The average Bonchev–Trinajstić information content (AvgIpc) is 2.54. The number of halogens is 1. The molecule has 2 heterocycles. The molecule has 1 aliphatic rings. The van der Waals surface area contributed by atoms with E-state index in [1.807, 2.05) is 4.57 Å². The molecule has 0 aliphatic carbocycles. The quantitative estimate of drug-likeness (QED) is 0.765. The van der Waals surface area contributed by atoms with E-state index in [-0.39, 0.29) is 5.69 Å². The summed E-state index contributed by atoms with van der Waals surface area (Å²) in [5.41, 5.74) is 0.0700. The molecular formula is C9H14BrN3O. The van der Waals surface area contributed by atoms with E-state index in [2.05, 4.69) is 21.0 Å². The third-order valence-electron chi connectivity index (χ3n) is 2.54. The summed E-state index contributed by atoms with van der Waals surface area (Å²) in [6.45, 7) is 1.58.